The zero-order valence-electron chi connectivity index (χ0n) is 8.77. The second-order valence-corrected chi connectivity index (χ2v) is 4.28. The van der Waals surface area contributed by atoms with Crippen LogP contribution in [0.25, 0.3) is 0 Å². The van der Waals surface area contributed by atoms with Crippen molar-refractivity contribution in [1.82, 2.24) is 0 Å². The van der Waals surface area contributed by atoms with Crippen LogP contribution in [-0.2, 0) is 0 Å². The number of hydrogen-bond donors (Lipinski definition) is 1. The molecule has 1 N–H and O–H groups in total. The first-order chi connectivity index (χ1) is 8.22. The molecule has 0 amide bonds. The molecule has 0 aliphatic carbocycles. The van der Waals surface area contributed by atoms with Gasteiger partial charge in [-0.15, -0.1) is 0 Å². The Morgan fingerprint density at radius 1 is 1.00 bits per heavy atom. The number of halogens is 2. The molecule has 0 saturated carbocycles. The van der Waals surface area contributed by atoms with E-state index in [0.717, 1.165) is 0 Å². The third-order valence-corrected chi connectivity index (χ3v) is 2.89. The standard InChI is InChI=1S/C13H9Cl2NO/c14-10-5-3-4-9(8-10)13(16-17)11-6-1-2-7-12(11)15/h1-8,17H. The van der Waals surface area contributed by atoms with Crippen LogP contribution in [0.4, 0.5) is 0 Å². The lowest BCUT2D eigenvalue weighted by Gasteiger charge is -2.07. The van der Waals surface area contributed by atoms with E-state index in [-0.39, 0.29) is 0 Å². The van der Waals surface area contributed by atoms with Crippen molar-refractivity contribution in [3.8, 4) is 0 Å². The molecule has 0 aliphatic rings. The highest BCUT2D eigenvalue weighted by molar-refractivity contribution is 6.36. The first kappa shape index (κ1) is 12.0. The lowest BCUT2D eigenvalue weighted by atomic mass is 10.0. The van der Waals surface area contributed by atoms with E-state index in [2.05, 4.69) is 5.16 Å². The maximum absolute atomic E-state index is 9.13. The average Bonchev–Trinajstić information content (AvgIpc) is 2.33. The maximum Gasteiger partial charge on any atom is 0.118 e. The highest BCUT2D eigenvalue weighted by atomic mass is 35.5. The molecule has 2 aromatic carbocycles. The van der Waals surface area contributed by atoms with Gasteiger partial charge >= 0.3 is 0 Å². The Morgan fingerprint density at radius 2 is 1.76 bits per heavy atom. The van der Waals surface area contributed by atoms with Gasteiger partial charge in [0.05, 0.1) is 5.02 Å². The van der Waals surface area contributed by atoms with Gasteiger partial charge in [0, 0.05) is 16.1 Å². The maximum atomic E-state index is 9.13. The molecule has 4 heteroatoms. The summed E-state index contributed by atoms with van der Waals surface area (Å²) in [4.78, 5) is 0. The summed E-state index contributed by atoms with van der Waals surface area (Å²) in [5.74, 6) is 0. The van der Waals surface area contributed by atoms with Gasteiger partial charge in [-0.3, -0.25) is 0 Å². The number of rotatable bonds is 2. The van der Waals surface area contributed by atoms with E-state index < -0.39 is 0 Å². The minimum atomic E-state index is 0.401. The molecule has 2 aromatic rings. The molecule has 0 saturated heterocycles. The molecule has 0 atom stereocenters. The van der Waals surface area contributed by atoms with E-state index in [0.29, 0.717) is 26.9 Å². The highest BCUT2D eigenvalue weighted by Gasteiger charge is 2.11. The molecule has 0 fully saturated rings. The summed E-state index contributed by atoms with van der Waals surface area (Å²) in [6, 6.07) is 14.3. The highest BCUT2D eigenvalue weighted by Crippen LogP contribution is 2.21. The fourth-order valence-electron chi connectivity index (χ4n) is 1.56. The third-order valence-electron chi connectivity index (χ3n) is 2.33. The zero-order valence-corrected chi connectivity index (χ0v) is 10.3. The molecule has 86 valence electrons. The summed E-state index contributed by atoms with van der Waals surface area (Å²) < 4.78 is 0. The Hall–Kier alpha value is -1.51. The molecule has 0 spiro atoms. The Kier molecular flexibility index (Phi) is 3.67. The molecule has 0 radical (unpaired) electrons. The summed E-state index contributed by atoms with van der Waals surface area (Å²) in [5.41, 5.74) is 1.78. The smallest absolute Gasteiger partial charge is 0.118 e. The van der Waals surface area contributed by atoms with Crippen LogP contribution in [-0.4, -0.2) is 10.9 Å². The van der Waals surface area contributed by atoms with Crippen molar-refractivity contribution in [3.63, 3.8) is 0 Å². The van der Waals surface area contributed by atoms with Gasteiger partial charge < -0.3 is 5.21 Å². The van der Waals surface area contributed by atoms with E-state index in [9.17, 15) is 0 Å². The van der Waals surface area contributed by atoms with Gasteiger partial charge in [-0.25, -0.2) is 0 Å². The van der Waals surface area contributed by atoms with Crippen molar-refractivity contribution >= 4 is 28.9 Å². The SMILES string of the molecule is ON=C(c1cccc(Cl)c1)c1ccccc1Cl. The van der Waals surface area contributed by atoms with E-state index in [1.807, 2.05) is 18.2 Å². The second kappa shape index (κ2) is 5.21. The topological polar surface area (TPSA) is 32.6 Å². The third kappa shape index (κ3) is 2.60. The molecule has 0 heterocycles. The van der Waals surface area contributed by atoms with Gasteiger partial charge in [0.15, 0.2) is 0 Å². The molecule has 2 nitrogen and oxygen atoms in total. The van der Waals surface area contributed by atoms with Gasteiger partial charge in [0.25, 0.3) is 0 Å². The number of oxime groups is 1. The first-order valence-corrected chi connectivity index (χ1v) is 5.71. The van der Waals surface area contributed by atoms with E-state index >= 15 is 0 Å². The molecular weight excluding hydrogens is 257 g/mol. The molecule has 0 unspecified atom stereocenters. The van der Waals surface area contributed by atoms with Crippen LogP contribution in [0.15, 0.2) is 53.7 Å². The van der Waals surface area contributed by atoms with Crippen LogP contribution in [0.3, 0.4) is 0 Å². The predicted octanol–water partition coefficient (Wildman–Crippen LogP) is 4.22. The summed E-state index contributed by atoms with van der Waals surface area (Å²) >= 11 is 12.0. The first-order valence-electron chi connectivity index (χ1n) is 4.95. The van der Waals surface area contributed by atoms with Crippen molar-refractivity contribution in [1.29, 1.82) is 0 Å². The number of benzene rings is 2. The second-order valence-electron chi connectivity index (χ2n) is 3.44. The lowest BCUT2D eigenvalue weighted by molar-refractivity contribution is 0.319. The normalized spacial score (nSPS) is 11.5. The fourth-order valence-corrected chi connectivity index (χ4v) is 1.97. The van der Waals surface area contributed by atoms with Crippen LogP contribution < -0.4 is 0 Å². The van der Waals surface area contributed by atoms with Gasteiger partial charge in [0.1, 0.15) is 5.71 Å². The Balaban J connectivity index is 2.53. The van der Waals surface area contributed by atoms with Crippen LogP contribution in [0.2, 0.25) is 10.0 Å². The van der Waals surface area contributed by atoms with Crippen molar-refractivity contribution in [3.05, 3.63) is 69.7 Å². The van der Waals surface area contributed by atoms with Gasteiger partial charge in [-0.05, 0) is 18.2 Å². The van der Waals surface area contributed by atoms with E-state index in [1.165, 1.54) is 0 Å². The molecule has 0 aromatic heterocycles. The van der Waals surface area contributed by atoms with Crippen LogP contribution >= 0.6 is 23.2 Å². The molecular formula is C13H9Cl2NO. The quantitative estimate of drug-likeness (QED) is 0.492. The van der Waals surface area contributed by atoms with Gasteiger partial charge in [0.2, 0.25) is 0 Å². The van der Waals surface area contributed by atoms with Crippen LogP contribution in [0.5, 0.6) is 0 Å². The Bertz CT molecular complexity index is 567. The largest absolute Gasteiger partial charge is 0.410 e. The minimum Gasteiger partial charge on any atom is -0.410 e. The van der Waals surface area contributed by atoms with Crippen molar-refractivity contribution in [2.45, 2.75) is 0 Å². The zero-order chi connectivity index (χ0) is 12.3. The predicted molar refractivity (Wildman–Crippen MR) is 70.3 cm³/mol. The number of hydrogen-bond acceptors (Lipinski definition) is 2. The van der Waals surface area contributed by atoms with Gasteiger partial charge in [-0.1, -0.05) is 58.7 Å². The molecule has 2 rings (SSSR count). The lowest BCUT2D eigenvalue weighted by Crippen LogP contribution is -2.03. The molecule has 17 heavy (non-hydrogen) atoms. The number of nitrogens with zero attached hydrogens (tertiary/aromatic N) is 1. The average molecular weight is 266 g/mol. The minimum absolute atomic E-state index is 0.401. The summed E-state index contributed by atoms with van der Waals surface area (Å²) in [5, 5.41) is 13.5. The Labute approximate surface area is 109 Å². The van der Waals surface area contributed by atoms with Crippen molar-refractivity contribution in [2.75, 3.05) is 0 Å². The summed E-state index contributed by atoms with van der Waals surface area (Å²) in [6.45, 7) is 0. The van der Waals surface area contributed by atoms with E-state index in [1.54, 1.807) is 30.3 Å². The van der Waals surface area contributed by atoms with Crippen LogP contribution in [0, 0.1) is 0 Å². The molecule has 0 aliphatic heterocycles. The summed E-state index contributed by atoms with van der Waals surface area (Å²) in [6.07, 6.45) is 0. The van der Waals surface area contributed by atoms with Gasteiger partial charge in [-0.2, -0.15) is 0 Å². The molecule has 0 bridgehead atoms. The van der Waals surface area contributed by atoms with Crippen LogP contribution in [0.1, 0.15) is 11.1 Å². The van der Waals surface area contributed by atoms with Crippen molar-refractivity contribution in [2.24, 2.45) is 5.16 Å². The monoisotopic (exact) mass is 265 g/mol. The van der Waals surface area contributed by atoms with Crippen molar-refractivity contribution < 1.29 is 5.21 Å². The Morgan fingerprint density at radius 3 is 2.41 bits per heavy atom. The van der Waals surface area contributed by atoms with E-state index in [4.69, 9.17) is 28.4 Å². The fraction of sp³-hybridized carbons (Fsp3) is 0. The summed E-state index contributed by atoms with van der Waals surface area (Å²) in [7, 11) is 0.